The van der Waals surface area contributed by atoms with Gasteiger partial charge in [-0.3, -0.25) is 4.79 Å². The minimum absolute atomic E-state index is 0.00187. The van der Waals surface area contributed by atoms with Crippen molar-refractivity contribution in [2.45, 2.75) is 13.1 Å². The Morgan fingerprint density at radius 1 is 0.815 bits per heavy atom. The fourth-order valence-electron chi connectivity index (χ4n) is 2.84. The number of rotatable bonds is 8. The van der Waals surface area contributed by atoms with Crippen LogP contribution < -0.4 is 4.74 Å². The van der Waals surface area contributed by atoms with Crippen LogP contribution in [0.5, 0.6) is 5.75 Å². The van der Waals surface area contributed by atoms with E-state index >= 15 is 0 Å². The van der Waals surface area contributed by atoms with Crippen molar-refractivity contribution >= 4 is 5.91 Å². The molecule has 0 bridgehead atoms. The van der Waals surface area contributed by atoms with E-state index in [2.05, 4.69) is 6.58 Å². The van der Waals surface area contributed by atoms with Crippen LogP contribution in [0.2, 0.25) is 0 Å². The number of nitrogens with zero attached hydrogens (tertiary/aromatic N) is 1. The summed E-state index contributed by atoms with van der Waals surface area (Å²) in [5.74, 6) is 0.724. The fourth-order valence-corrected chi connectivity index (χ4v) is 2.84. The van der Waals surface area contributed by atoms with Crippen LogP contribution in [-0.2, 0) is 13.1 Å². The highest BCUT2D eigenvalue weighted by Crippen LogP contribution is 2.17. The highest BCUT2D eigenvalue weighted by atomic mass is 16.5. The molecule has 136 valence electrons. The molecule has 3 nitrogen and oxygen atoms in total. The molecular weight excluding hydrogens is 334 g/mol. The summed E-state index contributed by atoms with van der Waals surface area (Å²) >= 11 is 0. The first-order valence-corrected chi connectivity index (χ1v) is 8.97. The molecule has 0 saturated carbocycles. The number of hydrogen-bond acceptors (Lipinski definition) is 2. The maximum absolute atomic E-state index is 13.1. The summed E-state index contributed by atoms with van der Waals surface area (Å²) < 4.78 is 5.50. The van der Waals surface area contributed by atoms with Crippen LogP contribution in [-0.4, -0.2) is 17.4 Å². The second-order valence-corrected chi connectivity index (χ2v) is 6.26. The summed E-state index contributed by atoms with van der Waals surface area (Å²) in [5, 5.41) is 0. The number of amides is 1. The molecule has 3 rings (SSSR count). The third kappa shape index (κ3) is 5.32. The van der Waals surface area contributed by atoms with Crippen molar-refractivity contribution in [1.82, 2.24) is 4.90 Å². The minimum atomic E-state index is -0.00187. The smallest absolute Gasteiger partial charge is 0.254 e. The van der Waals surface area contributed by atoms with Gasteiger partial charge in [-0.15, -0.1) is 0 Å². The van der Waals surface area contributed by atoms with E-state index in [0.29, 0.717) is 25.3 Å². The van der Waals surface area contributed by atoms with Gasteiger partial charge in [-0.25, -0.2) is 0 Å². The summed E-state index contributed by atoms with van der Waals surface area (Å²) in [6.45, 7) is 5.20. The lowest BCUT2D eigenvalue weighted by Crippen LogP contribution is -2.30. The predicted molar refractivity (Wildman–Crippen MR) is 109 cm³/mol. The van der Waals surface area contributed by atoms with Crippen LogP contribution in [0, 0.1) is 0 Å². The first-order valence-electron chi connectivity index (χ1n) is 8.97. The zero-order chi connectivity index (χ0) is 18.9. The topological polar surface area (TPSA) is 29.5 Å². The lowest BCUT2D eigenvalue weighted by atomic mass is 10.1. The highest BCUT2D eigenvalue weighted by Gasteiger charge is 2.17. The van der Waals surface area contributed by atoms with E-state index in [0.717, 1.165) is 16.9 Å². The lowest BCUT2D eigenvalue weighted by Gasteiger charge is -2.23. The van der Waals surface area contributed by atoms with E-state index in [4.69, 9.17) is 4.74 Å². The van der Waals surface area contributed by atoms with Crippen molar-refractivity contribution in [1.29, 1.82) is 0 Å². The molecule has 0 aliphatic rings. The zero-order valence-corrected chi connectivity index (χ0v) is 15.3. The summed E-state index contributed by atoms with van der Waals surface area (Å²) in [6, 6.07) is 27.3. The van der Waals surface area contributed by atoms with E-state index in [1.807, 2.05) is 89.8 Å². The second-order valence-electron chi connectivity index (χ2n) is 6.26. The molecule has 1 amide bonds. The maximum atomic E-state index is 13.1. The van der Waals surface area contributed by atoms with Crippen molar-refractivity contribution in [2.24, 2.45) is 0 Å². The molecule has 3 heteroatoms. The first kappa shape index (κ1) is 18.5. The molecule has 0 fully saturated rings. The number of ether oxygens (including phenoxy) is 1. The van der Waals surface area contributed by atoms with Crippen LogP contribution in [0.3, 0.4) is 0 Å². The Morgan fingerprint density at radius 3 is 1.81 bits per heavy atom. The first-order chi connectivity index (χ1) is 13.3. The molecule has 0 heterocycles. The number of carbonyl (C=O) groups is 1. The zero-order valence-electron chi connectivity index (χ0n) is 15.3. The predicted octanol–water partition coefficient (Wildman–Crippen LogP) is 5.09. The molecule has 0 aromatic heterocycles. The fraction of sp³-hybridized carbons (Fsp3) is 0.125. The van der Waals surface area contributed by atoms with Gasteiger partial charge in [0.05, 0.1) is 0 Å². The summed E-state index contributed by atoms with van der Waals surface area (Å²) in [5.41, 5.74) is 2.85. The molecule has 0 aliphatic heterocycles. The Kier molecular flexibility index (Phi) is 6.42. The van der Waals surface area contributed by atoms with E-state index in [1.165, 1.54) is 0 Å². The summed E-state index contributed by atoms with van der Waals surface area (Å²) in [4.78, 5) is 15.0. The van der Waals surface area contributed by atoms with Crippen LogP contribution in [0.15, 0.2) is 97.6 Å². The molecule has 0 spiro atoms. The van der Waals surface area contributed by atoms with Gasteiger partial charge < -0.3 is 9.64 Å². The largest absolute Gasteiger partial charge is 0.490 e. The average Bonchev–Trinajstić information content (AvgIpc) is 2.73. The van der Waals surface area contributed by atoms with Gasteiger partial charge in [0.25, 0.3) is 5.91 Å². The van der Waals surface area contributed by atoms with Gasteiger partial charge in [0.2, 0.25) is 0 Å². The van der Waals surface area contributed by atoms with Crippen molar-refractivity contribution < 1.29 is 9.53 Å². The third-order valence-electron chi connectivity index (χ3n) is 4.19. The van der Waals surface area contributed by atoms with Crippen molar-refractivity contribution in [3.8, 4) is 5.75 Å². The minimum Gasteiger partial charge on any atom is -0.490 e. The molecule has 0 N–H and O–H groups in total. The number of hydrogen-bond donors (Lipinski definition) is 0. The molecule has 3 aromatic carbocycles. The van der Waals surface area contributed by atoms with E-state index in [1.54, 1.807) is 6.08 Å². The summed E-state index contributed by atoms with van der Waals surface area (Å²) in [7, 11) is 0. The van der Waals surface area contributed by atoms with Gasteiger partial charge in [-0.05, 0) is 35.4 Å². The average molecular weight is 357 g/mol. The van der Waals surface area contributed by atoms with Crippen LogP contribution in [0.4, 0.5) is 0 Å². The number of benzene rings is 3. The second kappa shape index (κ2) is 9.39. The Hall–Kier alpha value is -3.33. The van der Waals surface area contributed by atoms with Crippen molar-refractivity contribution in [2.75, 3.05) is 6.61 Å². The van der Waals surface area contributed by atoms with Gasteiger partial charge in [0.1, 0.15) is 12.4 Å². The quantitative estimate of drug-likeness (QED) is 0.525. The van der Waals surface area contributed by atoms with E-state index in [-0.39, 0.29) is 5.91 Å². The van der Waals surface area contributed by atoms with Gasteiger partial charge in [0.15, 0.2) is 0 Å². The van der Waals surface area contributed by atoms with E-state index in [9.17, 15) is 4.79 Å². The molecule has 0 radical (unpaired) electrons. The van der Waals surface area contributed by atoms with Gasteiger partial charge in [-0.1, -0.05) is 73.3 Å². The molecule has 0 atom stereocenters. The Bertz CT molecular complexity index is 816. The van der Waals surface area contributed by atoms with Gasteiger partial charge >= 0.3 is 0 Å². The van der Waals surface area contributed by atoms with Gasteiger partial charge in [-0.2, -0.15) is 0 Å². The van der Waals surface area contributed by atoms with Gasteiger partial charge in [0, 0.05) is 18.7 Å². The van der Waals surface area contributed by atoms with Crippen LogP contribution >= 0.6 is 0 Å². The molecule has 27 heavy (non-hydrogen) atoms. The standard InChI is InChI=1S/C24H23NO2/c1-2-17-27-23-15-13-22(14-16-23)24(26)25(18-20-9-5-3-6-10-20)19-21-11-7-4-8-12-21/h2-16H,1,17-19H2. The van der Waals surface area contributed by atoms with Crippen LogP contribution in [0.1, 0.15) is 21.5 Å². The van der Waals surface area contributed by atoms with E-state index < -0.39 is 0 Å². The third-order valence-corrected chi connectivity index (χ3v) is 4.19. The Balaban J connectivity index is 1.80. The SMILES string of the molecule is C=CCOc1ccc(C(=O)N(Cc2ccccc2)Cc2ccccc2)cc1. The maximum Gasteiger partial charge on any atom is 0.254 e. The molecule has 3 aromatic rings. The molecule has 0 aliphatic carbocycles. The number of carbonyl (C=O) groups excluding carboxylic acids is 1. The summed E-state index contributed by atoms with van der Waals surface area (Å²) in [6.07, 6.45) is 1.69. The molecule has 0 saturated heterocycles. The molecular formula is C24H23NO2. The molecule has 0 unspecified atom stereocenters. The van der Waals surface area contributed by atoms with Crippen LogP contribution in [0.25, 0.3) is 0 Å². The monoisotopic (exact) mass is 357 g/mol. The Morgan fingerprint density at radius 2 is 1.33 bits per heavy atom. The Labute approximate surface area is 160 Å². The lowest BCUT2D eigenvalue weighted by molar-refractivity contribution is 0.0730. The van der Waals surface area contributed by atoms with Crippen molar-refractivity contribution in [3.63, 3.8) is 0 Å². The van der Waals surface area contributed by atoms with Crippen molar-refractivity contribution in [3.05, 3.63) is 114 Å². The normalized spacial score (nSPS) is 10.2. The highest BCUT2D eigenvalue weighted by molar-refractivity contribution is 5.94.